The third kappa shape index (κ3) is 23.9. The third-order valence-electron chi connectivity index (χ3n) is 19.3. The van der Waals surface area contributed by atoms with Gasteiger partial charge in [0.15, 0.2) is 0 Å². The second kappa shape index (κ2) is 41.1. The van der Waals surface area contributed by atoms with Gasteiger partial charge in [0.2, 0.25) is 0 Å². The van der Waals surface area contributed by atoms with Gasteiger partial charge in [-0.15, -0.1) is 0 Å². The normalized spacial score (nSPS) is 11.6. The first-order chi connectivity index (χ1) is 51.8. The predicted octanol–water partition coefficient (Wildman–Crippen LogP) is 30.0. The number of hydrogen-bond acceptors (Lipinski definition) is 2. The van der Waals surface area contributed by atoms with Crippen LogP contribution in [0.3, 0.4) is 0 Å². The third-order valence-corrected chi connectivity index (χ3v) is 19.3. The molecule has 0 aliphatic rings. The fraction of sp³-hybridized carbons (Fsp3) is 0.184. The largest absolute Gasteiger partial charge is 0.311 e. The lowest BCUT2D eigenvalue weighted by Crippen LogP contribution is -2.10. The Balaban J connectivity index is 0.000000212. The Bertz CT molecular complexity index is 4680. The number of unbranched alkanes of at least 4 members (excludes halogenated alkanes) is 9. The summed E-state index contributed by atoms with van der Waals surface area (Å²) in [5.41, 5.74) is 27.1. The molecular formula is C103H104N2. The highest BCUT2D eigenvalue weighted by atomic mass is 15.1. The highest BCUT2D eigenvalue weighted by Crippen LogP contribution is 2.38. The molecule has 12 rings (SSSR count). The molecule has 0 aliphatic heterocycles. The van der Waals surface area contributed by atoms with Gasteiger partial charge in [-0.25, -0.2) is 0 Å². The van der Waals surface area contributed by atoms with Crippen molar-refractivity contribution in [2.75, 3.05) is 9.80 Å². The zero-order valence-electron chi connectivity index (χ0n) is 62.3. The van der Waals surface area contributed by atoms with Crippen LogP contribution in [0.2, 0.25) is 0 Å². The monoisotopic (exact) mass is 1370 g/mol. The standard InChI is InChI=1S/C55H59N.C48H45N/c1-4-6-8-16-22-49-43-52(50(23-17-9-7-5-2)42-51(49)34-28-46-20-14-11-15-21-46)35-29-48-32-40-55(41-33-48)56(53-36-24-44(3)25-37-53)54-38-30-47(31-39-54)27-26-45-18-12-10-13-19-45;1-2-3-4-7-16-41-27-33-46(34-28-41)49(47-35-29-44(30-36-47)20-18-40-14-10-6-11-15-40)48-37-31-45(32-38-48)26-25-43-23-21-42(22-24-43)19-17-39-12-8-5-9-13-39/h10-15,18-21,24-43H,4-9,16-17,22-23H2,1-3H3;5-6,8-15,17-38H,2-4,7,16H2,1H3/b27-26+,34-28+,35-29+;19-17+,20-18+,26-25+. The average molecular weight is 1370 g/mol. The summed E-state index contributed by atoms with van der Waals surface area (Å²) in [5, 5.41) is 0. The maximum absolute atomic E-state index is 2.49. The van der Waals surface area contributed by atoms with Crippen LogP contribution in [0.1, 0.15) is 187 Å². The quantitative estimate of drug-likeness (QED) is 0.0299. The van der Waals surface area contributed by atoms with E-state index in [1.54, 1.807) is 0 Å². The SMILES string of the molecule is CCCCCCc1cc(/C=C/c2ccc(N(c3ccc(C)cc3)c3ccc(/C=C/c4ccccc4)cc3)cc2)c(CCCCCC)cc1/C=C/c1ccccc1.CCCCCCc1ccc(N(c2ccc(/C=C/c3ccccc3)cc2)c2ccc(/C=C/c3ccc(/C=C/c4ccccc4)cc3)cc2)cc1. The van der Waals surface area contributed by atoms with Crippen molar-refractivity contribution in [2.24, 2.45) is 0 Å². The van der Waals surface area contributed by atoms with Crippen LogP contribution in [-0.4, -0.2) is 0 Å². The Morgan fingerprint density at radius 2 is 0.429 bits per heavy atom. The topological polar surface area (TPSA) is 6.48 Å². The van der Waals surface area contributed by atoms with Crippen LogP contribution in [0.4, 0.5) is 34.1 Å². The van der Waals surface area contributed by atoms with Crippen molar-refractivity contribution >= 4 is 107 Å². The Labute approximate surface area is 629 Å². The predicted molar refractivity (Wildman–Crippen MR) is 463 cm³/mol. The van der Waals surface area contributed by atoms with E-state index in [-0.39, 0.29) is 0 Å². The number of rotatable bonds is 33. The summed E-state index contributed by atoms with van der Waals surface area (Å²) in [4.78, 5) is 4.69. The minimum Gasteiger partial charge on any atom is -0.311 e. The van der Waals surface area contributed by atoms with Gasteiger partial charge in [-0.1, -0.05) is 388 Å². The lowest BCUT2D eigenvalue weighted by Gasteiger charge is -2.26. The van der Waals surface area contributed by atoms with E-state index in [4.69, 9.17) is 0 Å². The van der Waals surface area contributed by atoms with Crippen molar-refractivity contribution in [3.8, 4) is 0 Å². The summed E-state index contributed by atoms with van der Waals surface area (Å²) < 4.78 is 0. The van der Waals surface area contributed by atoms with Gasteiger partial charge in [-0.2, -0.15) is 0 Å². The van der Waals surface area contributed by atoms with Gasteiger partial charge in [0.05, 0.1) is 0 Å². The van der Waals surface area contributed by atoms with Gasteiger partial charge in [0.1, 0.15) is 0 Å². The first-order valence-electron chi connectivity index (χ1n) is 38.5. The minimum absolute atomic E-state index is 1.10. The van der Waals surface area contributed by atoms with E-state index in [0.717, 1.165) is 53.4 Å². The fourth-order valence-electron chi connectivity index (χ4n) is 13.2. The molecule has 0 unspecified atom stereocenters. The molecule has 0 amide bonds. The molecule has 0 bridgehead atoms. The maximum Gasteiger partial charge on any atom is 0.0462 e. The molecule has 526 valence electrons. The van der Waals surface area contributed by atoms with Gasteiger partial charge >= 0.3 is 0 Å². The van der Waals surface area contributed by atoms with E-state index in [1.807, 2.05) is 12.1 Å². The highest BCUT2D eigenvalue weighted by Gasteiger charge is 2.16. The molecular weight excluding hydrogens is 1270 g/mol. The van der Waals surface area contributed by atoms with Crippen LogP contribution in [0.15, 0.2) is 303 Å². The van der Waals surface area contributed by atoms with E-state index >= 15 is 0 Å². The summed E-state index contributed by atoms with van der Waals surface area (Å²) in [6.45, 7) is 8.99. The second-order valence-electron chi connectivity index (χ2n) is 27.5. The van der Waals surface area contributed by atoms with Crippen molar-refractivity contribution in [2.45, 2.75) is 124 Å². The Kier molecular flexibility index (Phi) is 29.3. The zero-order valence-corrected chi connectivity index (χ0v) is 62.3. The van der Waals surface area contributed by atoms with E-state index in [9.17, 15) is 0 Å². The molecule has 0 fully saturated rings. The van der Waals surface area contributed by atoms with Gasteiger partial charge in [-0.05, 0) is 202 Å². The highest BCUT2D eigenvalue weighted by molar-refractivity contribution is 5.83. The summed E-state index contributed by atoms with van der Waals surface area (Å²) >= 11 is 0. The van der Waals surface area contributed by atoms with Crippen molar-refractivity contribution in [3.05, 3.63) is 392 Å². The Hall–Kier alpha value is -11.3. The molecule has 12 aromatic rings. The molecule has 0 spiro atoms. The van der Waals surface area contributed by atoms with Gasteiger partial charge < -0.3 is 9.80 Å². The average Bonchev–Trinajstić information content (AvgIpc) is 0.811. The zero-order chi connectivity index (χ0) is 72.3. The maximum atomic E-state index is 2.49. The second-order valence-corrected chi connectivity index (χ2v) is 27.5. The summed E-state index contributed by atoms with van der Waals surface area (Å²) in [5.74, 6) is 0. The number of benzene rings is 12. The number of anilines is 6. The van der Waals surface area contributed by atoms with Crippen LogP contribution in [-0.2, 0) is 19.3 Å². The smallest absolute Gasteiger partial charge is 0.0462 e. The Morgan fingerprint density at radius 3 is 0.695 bits per heavy atom. The van der Waals surface area contributed by atoms with E-state index in [0.29, 0.717) is 0 Å². The lowest BCUT2D eigenvalue weighted by molar-refractivity contribution is 0.663. The summed E-state index contributed by atoms with van der Waals surface area (Å²) in [6, 6.07) is 109. The van der Waals surface area contributed by atoms with Crippen LogP contribution < -0.4 is 9.80 Å². The number of nitrogens with zero attached hydrogens (tertiary/aromatic N) is 2. The summed E-state index contributed by atoms with van der Waals surface area (Å²) in [7, 11) is 0. The fourth-order valence-corrected chi connectivity index (χ4v) is 13.2. The van der Waals surface area contributed by atoms with Crippen molar-refractivity contribution in [1.82, 2.24) is 0 Å². The minimum atomic E-state index is 1.10. The molecule has 0 heterocycles. The van der Waals surface area contributed by atoms with E-state index in [1.165, 1.54) is 166 Å². The van der Waals surface area contributed by atoms with Gasteiger partial charge in [-0.3, -0.25) is 0 Å². The van der Waals surface area contributed by atoms with Gasteiger partial charge in [0, 0.05) is 34.1 Å². The lowest BCUT2D eigenvalue weighted by atomic mass is 9.91. The molecule has 0 aromatic heterocycles. The molecule has 0 saturated carbocycles. The van der Waals surface area contributed by atoms with Crippen LogP contribution in [0, 0.1) is 6.92 Å². The number of aryl methyl sites for hydroxylation is 4. The summed E-state index contributed by atoms with van der Waals surface area (Å²) in [6.07, 6.45) is 45.2. The molecule has 2 nitrogen and oxygen atoms in total. The van der Waals surface area contributed by atoms with Crippen molar-refractivity contribution in [1.29, 1.82) is 0 Å². The van der Waals surface area contributed by atoms with Crippen LogP contribution in [0.25, 0.3) is 72.9 Å². The molecule has 0 saturated heterocycles. The molecule has 105 heavy (non-hydrogen) atoms. The molecule has 2 heteroatoms. The van der Waals surface area contributed by atoms with E-state index in [2.05, 4.69) is 402 Å². The number of hydrogen-bond donors (Lipinski definition) is 0. The van der Waals surface area contributed by atoms with Gasteiger partial charge in [0.25, 0.3) is 0 Å². The van der Waals surface area contributed by atoms with Crippen molar-refractivity contribution in [3.63, 3.8) is 0 Å². The van der Waals surface area contributed by atoms with Crippen LogP contribution >= 0.6 is 0 Å². The van der Waals surface area contributed by atoms with E-state index < -0.39 is 0 Å². The first-order valence-corrected chi connectivity index (χ1v) is 38.5. The molecule has 0 atom stereocenters. The van der Waals surface area contributed by atoms with Crippen molar-refractivity contribution < 1.29 is 0 Å². The first kappa shape index (κ1) is 74.9. The molecule has 0 aliphatic carbocycles. The molecule has 0 radical (unpaired) electrons. The molecule has 12 aromatic carbocycles. The molecule has 0 N–H and O–H groups in total. The Morgan fingerprint density at radius 1 is 0.210 bits per heavy atom. The van der Waals surface area contributed by atoms with Crippen LogP contribution in [0.5, 0.6) is 0 Å².